The standard InChI is InChI=1S/C22H16BrF3O/c1-4-11-7-15-18-14-6-5-13(22(24,25)26)9-12(14)10-17(27)20(18)21(2,3)19(15)16(23)8-11/h4-10,27H,1H2,2-3H3. The maximum absolute atomic E-state index is 13.1. The van der Waals surface area contributed by atoms with E-state index in [1.54, 1.807) is 6.08 Å². The third kappa shape index (κ3) is 2.52. The topological polar surface area (TPSA) is 20.2 Å². The van der Waals surface area contributed by atoms with Crippen molar-refractivity contribution < 1.29 is 18.3 Å². The summed E-state index contributed by atoms with van der Waals surface area (Å²) in [6.07, 6.45) is -2.71. The van der Waals surface area contributed by atoms with Crippen LogP contribution in [0.3, 0.4) is 0 Å². The van der Waals surface area contributed by atoms with E-state index in [1.807, 2.05) is 26.0 Å². The summed E-state index contributed by atoms with van der Waals surface area (Å²) in [5.41, 5.74) is 3.09. The second kappa shape index (κ2) is 5.61. The smallest absolute Gasteiger partial charge is 0.416 e. The van der Waals surface area contributed by atoms with Crippen molar-refractivity contribution in [3.8, 4) is 16.9 Å². The van der Waals surface area contributed by atoms with Gasteiger partial charge in [0.2, 0.25) is 0 Å². The molecule has 0 unspecified atom stereocenters. The van der Waals surface area contributed by atoms with Gasteiger partial charge in [-0.2, -0.15) is 13.2 Å². The molecule has 0 radical (unpaired) electrons. The van der Waals surface area contributed by atoms with Crippen LogP contribution >= 0.6 is 15.9 Å². The van der Waals surface area contributed by atoms with Crippen molar-refractivity contribution in [3.63, 3.8) is 0 Å². The minimum atomic E-state index is -4.43. The fraction of sp³-hybridized carbons (Fsp3) is 0.182. The van der Waals surface area contributed by atoms with Crippen LogP contribution in [0.15, 0.2) is 47.4 Å². The number of alkyl halides is 3. The molecule has 3 aromatic carbocycles. The fourth-order valence-electron chi connectivity index (χ4n) is 4.18. The van der Waals surface area contributed by atoms with Crippen LogP contribution in [-0.2, 0) is 11.6 Å². The summed E-state index contributed by atoms with van der Waals surface area (Å²) in [5.74, 6) is 0.00470. The number of phenolic OH excluding ortho intramolecular Hbond substituents is 1. The number of phenols is 1. The number of fused-ring (bicyclic) bond motifs is 5. The van der Waals surface area contributed by atoms with E-state index in [4.69, 9.17) is 0 Å². The van der Waals surface area contributed by atoms with E-state index in [2.05, 4.69) is 22.5 Å². The van der Waals surface area contributed by atoms with Crippen molar-refractivity contribution in [2.24, 2.45) is 0 Å². The molecule has 0 saturated heterocycles. The molecule has 1 aliphatic carbocycles. The van der Waals surface area contributed by atoms with Crippen molar-refractivity contribution in [1.82, 2.24) is 0 Å². The molecule has 0 aromatic heterocycles. The van der Waals surface area contributed by atoms with E-state index >= 15 is 0 Å². The second-order valence-electron chi connectivity index (χ2n) is 7.33. The predicted octanol–water partition coefficient (Wildman–Crippen LogP) is 7.28. The van der Waals surface area contributed by atoms with Crippen LogP contribution in [0.2, 0.25) is 0 Å². The minimum Gasteiger partial charge on any atom is -0.508 e. The molecule has 3 aromatic rings. The molecule has 0 saturated carbocycles. The van der Waals surface area contributed by atoms with Gasteiger partial charge in [-0.25, -0.2) is 0 Å². The third-order valence-electron chi connectivity index (χ3n) is 5.31. The van der Waals surface area contributed by atoms with Crippen LogP contribution in [0.4, 0.5) is 13.2 Å². The lowest BCUT2D eigenvalue weighted by Crippen LogP contribution is -2.16. The monoisotopic (exact) mass is 432 g/mol. The Labute approximate surface area is 163 Å². The van der Waals surface area contributed by atoms with Crippen molar-refractivity contribution in [2.75, 3.05) is 0 Å². The molecule has 0 aliphatic heterocycles. The Morgan fingerprint density at radius 2 is 1.78 bits per heavy atom. The molecular weight excluding hydrogens is 417 g/mol. The molecule has 0 spiro atoms. The zero-order valence-corrected chi connectivity index (χ0v) is 16.3. The van der Waals surface area contributed by atoms with Gasteiger partial charge in [0.1, 0.15) is 5.75 Å². The lowest BCUT2D eigenvalue weighted by molar-refractivity contribution is -0.137. The molecule has 0 fully saturated rings. The molecule has 0 bridgehead atoms. The van der Waals surface area contributed by atoms with E-state index in [-0.39, 0.29) is 5.75 Å². The summed E-state index contributed by atoms with van der Waals surface area (Å²) in [7, 11) is 0. The minimum absolute atomic E-state index is 0.00470. The van der Waals surface area contributed by atoms with E-state index in [1.165, 1.54) is 12.1 Å². The second-order valence-corrected chi connectivity index (χ2v) is 8.19. The Hall–Kier alpha value is -2.27. The van der Waals surface area contributed by atoms with Gasteiger partial charge in [0.25, 0.3) is 0 Å². The quantitative estimate of drug-likeness (QED) is 0.428. The third-order valence-corrected chi connectivity index (χ3v) is 5.94. The Kier molecular flexibility index (Phi) is 3.77. The first-order valence-electron chi connectivity index (χ1n) is 8.40. The maximum atomic E-state index is 13.1. The molecule has 0 atom stereocenters. The first-order valence-corrected chi connectivity index (χ1v) is 9.19. The average Bonchev–Trinajstić information content (AvgIpc) is 2.82. The van der Waals surface area contributed by atoms with Crippen molar-refractivity contribution in [3.05, 3.63) is 69.7 Å². The summed E-state index contributed by atoms with van der Waals surface area (Å²) in [6.45, 7) is 7.82. The van der Waals surface area contributed by atoms with Crippen LogP contribution in [0.25, 0.3) is 28.0 Å². The Morgan fingerprint density at radius 3 is 2.41 bits per heavy atom. The molecule has 1 N–H and O–H groups in total. The highest BCUT2D eigenvalue weighted by atomic mass is 79.9. The molecular formula is C22H16BrF3O. The van der Waals surface area contributed by atoms with Gasteiger partial charge in [-0.15, -0.1) is 0 Å². The zero-order chi connectivity index (χ0) is 19.7. The summed E-state index contributed by atoms with van der Waals surface area (Å²) >= 11 is 3.62. The van der Waals surface area contributed by atoms with Gasteiger partial charge < -0.3 is 5.11 Å². The van der Waals surface area contributed by atoms with Crippen LogP contribution < -0.4 is 0 Å². The highest BCUT2D eigenvalue weighted by Gasteiger charge is 2.41. The lowest BCUT2D eigenvalue weighted by atomic mass is 9.81. The van der Waals surface area contributed by atoms with Crippen molar-refractivity contribution in [1.29, 1.82) is 0 Å². The number of hydrogen-bond donors (Lipinski definition) is 1. The van der Waals surface area contributed by atoms with E-state index in [0.717, 1.165) is 44.4 Å². The van der Waals surface area contributed by atoms with Gasteiger partial charge in [-0.05, 0) is 63.4 Å². The van der Waals surface area contributed by atoms with Crippen LogP contribution in [-0.4, -0.2) is 5.11 Å². The Balaban J connectivity index is 2.15. The molecule has 4 rings (SSSR count). The first kappa shape index (κ1) is 18.1. The zero-order valence-electron chi connectivity index (χ0n) is 14.7. The number of rotatable bonds is 1. The Bertz CT molecular complexity index is 1130. The highest BCUT2D eigenvalue weighted by Crippen LogP contribution is 2.57. The van der Waals surface area contributed by atoms with Gasteiger partial charge in [-0.1, -0.05) is 48.5 Å². The number of halogens is 4. The maximum Gasteiger partial charge on any atom is 0.416 e. The van der Waals surface area contributed by atoms with Crippen LogP contribution in [0.1, 0.15) is 36.1 Å². The van der Waals surface area contributed by atoms with Crippen LogP contribution in [0, 0.1) is 0 Å². The normalized spacial score (nSPS) is 14.9. The lowest BCUT2D eigenvalue weighted by Gasteiger charge is -2.24. The van der Waals surface area contributed by atoms with E-state index < -0.39 is 17.2 Å². The van der Waals surface area contributed by atoms with Gasteiger partial charge in [-0.3, -0.25) is 0 Å². The number of aromatic hydroxyl groups is 1. The average molecular weight is 433 g/mol. The SMILES string of the molecule is C=Cc1cc(Br)c2c(c1)-c1c(c(O)cc3cc(C(F)(F)F)ccc13)C2(C)C. The summed E-state index contributed by atoms with van der Waals surface area (Å²) in [5, 5.41) is 11.8. The van der Waals surface area contributed by atoms with Gasteiger partial charge in [0.15, 0.2) is 0 Å². The van der Waals surface area contributed by atoms with Crippen LogP contribution in [0.5, 0.6) is 5.75 Å². The van der Waals surface area contributed by atoms with Gasteiger partial charge in [0, 0.05) is 15.5 Å². The summed E-state index contributed by atoms with van der Waals surface area (Å²) < 4.78 is 40.3. The first-order chi connectivity index (χ1) is 12.6. The molecule has 27 heavy (non-hydrogen) atoms. The largest absolute Gasteiger partial charge is 0.508 e. The molecule has 0 amide bonds. The van der Waals surface area contributed by atoms with E-state index in [0.29, 0.717) is 10.8 Å². The summed E-state index contributed by atoms with van der Waals surface area (Å²) in [4.78, 5) is 0. The molecule has 1 aliphatic rings. The van der Waals surface area contributed by atoms with Crippen molar-refractivity contribution >= 4 is 32.8 Å². The van der Waals surface area contributed by atoms with Gasteiger partial charge in [0.05, 0.1) is 5.56 Å². The fourth-order valence-corrected chi connectivity index (χ4v) is 5.16. The number of benzene rings is 3. The number of hydrogen-bond acceptors (Lipinski definition) is 1. The molecule has 0 heterocycles. The highest BCUT2D eigenvalue weighted by molar-refractivity contribution is 9.10. The predicted molar refractivity (Wildman–Crippen MR) is 106 cm³/mol. The molecule has 5 heteroatoms. The Morgan fingerprint density at radius 1 is 1.07 bits per heavy atom. The van der Waals surface area contributed by atoms with Crippen molar-refractivity contribution in [2.45, 2.75) is 25.4 Å². The summed E-state index contributed by atoms with van der Waals surface area (Å²) in [6, 6.07) is 9.04. The van der Waals surface area contributed by atoms with Gasteiger partial charge >= 0.3 is 6.18 Å². The van der Waals surface area contributed by atoms with E-state index in [9.17, 15) is 18.3 Å². The molecule has 1 nitrogen and oxygen atoms in total. The molecule has 138 valence electrons.